The van der Waals surface area contributed by atoms with Gasteiger partial charge in [0, 0.05) is 7.14 Å². The summed E-state index contributed by atoms with van der Waals surface area (Å²) in [6, 6.07) is 11.8. The van der Waals surface area contributed by atoms with Crippen LogP contribution in [-0.4, -0.2) is 23.0 Å². The second-order valence-corrected chi connectivity index (χ2v) is 7.16. The lowest BCUT2D eigenvalue weighted by atomic mass is 10.0. The SMILES string of the molecule is O=C(OC(c1ccccc1)C(F)(F)C(=O)O)c1ccc(I)cc1I. The van der Waals surface area contributed by atoms with Gasteiger partial charge in [0.15, 0.2) is 0 Å². The Morgan fingerprint density at radius 3 is 2.25 bits per heavy atom. The van der Waals surface area contributed by atoms with Gasteiger partial charge in [0.05, 0.1) is 5.56 Å². The quantitative estimate of drug-likeness (QED) is 0.434. The number of aliphatic carboxylic acids is 1. The zero-order valence-electron chi connectivity index (χ0n) is 11.9. The third-order valence-electron chi connectivity index (χ3n) is 3.09. The van der Waals surface area contributed by atoms with Crippen LogP contribution in [0.25, 0.3) is 0 Å². The highest BCUT2D eigenvalue weighted by Crippen LogP contribution is 2.36. The van der Waals surface area contributed by atoms with Crippen molar-refractivity contribution in [2.45, 2.75) is 12.0 Å². The van der Waals surface area contributed by atoms with E-state index in [1.165, 1.54) is 30.3 Å². The summed E-state index contributed by atoms with van der Waals surface area (Å²) >= 11 is 3.93. The first-order valence-electron chi connectivity index (χ1n) is 6.55. The molecule has 24 heavy (non-hydrogen) atoms. The Morgan fingerprint density at radius 2 is 1.71 bits per heavy atom. The topological polar surface area (TPSA) is 63.6 Å². The lowest BCUT2D eigenvalue weighted by molar-refractivity contribution is -0.183. The monoisotopic (exact) mass is 558 g/mol. The van der Waals surface area contributed by atoms with Gasteiger partial charge < -0.3 is 9.84 Å². The molecule has 8 heteroatoms. The number of benzene rings is 2. The van der Waals surface area contributed by atoms with Crippen LogP contribution < -0.4 is 0 Å². The number of halogens is 4. The van der Waals surface area contributed by atoms with Crippen LogP contribution in [0.2, 0.25) is 0 Å². The van der Waals surface area contributed by atoms with Gasteiger partial charge in [-0.2, -0.15) is 8.78 Å². The summed E-state index contributed by atoms with van der Waals surface area (Å²) in [5.74, 6) is -7.63. The highest BCUT2D eigenvalue weighted by atomic mass is 127. The molecule has 0 aliphatic rings. The molecule has 0 saturated carbocycles. The average molecular weight is 558 g/mol. The maximum Gasteiger partial charge on any atom is 0.382 e. The van der Waals surface area contributed by atoms with E-state index >= 15 is 0 Å². The number of alkyl halides is 2. The van der Waals surface area contributed by atoms with E-state index in [9.17, 15) is 18.4 Å². The van der Waals surface area contributed by atoms with Crippen molar-refractivity contribution in [3.63, 3.8) is 0 Å². The van der Waals surface area contributed by atoms with Crippen LogP contribution in [0.3, 0.4) is 0 Å². The first kappa shape index (κ1) is 19.0. The second kappa shape index (κ2) is 7.72. The van der Waals surface area contributed by atoms with E-state index in [2.05, 4.69) is 0 Å². The molecule has 1 atom stereocenters. The fourth-order valence-electron chi connectivity index (χ4n) is 1.92. The van der Waals surface area contributed by atoms with Crippen molar-refractivity contribution in [3.05, 3.63) is 66.8 Å². The van der Waals surface area contributed by atoms with E-state index in [0.29, 0.717) is 3.57 Å². The zero-order valence-corrected chi connectivity index (χ0v) is 16.2. The van der Waals surface area contributed by atoms with Crippen LogP contribution in [0.15, 0.2) is 48.5 Å². The number of carbonyl (C=O) groups excluding carboxylic acids is 1. The third-order valence-corrected chi connectivity index (χ3v) is 4.66. The molecule has 1 unspecified atom stereocenters. The molecule has 0 heterocycles. The number of hydrogen-bond donors (Lipinski definition) is 1. The number of carboxylic acid groups (broad SMARTS) is 1. The molecule has 2 aromatic carbocycles. The van der Waals surface area contributed by atoms with Crippen LogP contribution in [0, 0.1) is 7.14 Å². The molecule has 0 fully saturated rings. The van der Waals surface area contributed by atoms with Crippen molar-refractivity contribution in [1.29, 1.82) is 0 Å². The number of rotatable bonds is 5. The van der Waals surface area contributed by atoms with Crippen molar-refractivity contribution >= 4 is 57.1 Å². The summed E-state index contributed by atoms with van der Waals surface area (Å²) in [6.07, 6.45) is -2.22. The second-order valence-electron chi connectivity index (χ2n) is 4.75. The smallest absolute Gasteiger partial charge is 0.382 e. The van der Waals surface area contributed by atoms with Crippen LogP contribution in [-0.2, 0) is 9.53 Å². The zero-order chi connectivity index (χ0) is 17.9. The maximum absolute atomic E-state index is 14.1. The Bertz CT molecular complexity index is 766. The molecular weight excluding hydrogens is 548 g/mol. The van der Waals surface area contributed by atoms with Gasteiger partial charge in [0.1, 0.15) is 0 Å². The Hall–Kier alpha value is -1.30. The van der Waals surface area contributed by atoms with Crippen LogP contribution in [0.1, 0.15) is 22.0 Å². The van der Waals surface area contributed by atoms with Crippen molar-refractivity contribution in [2.75, 3.05) is 0 Å². The molecule has 0 spiro atoms. The predicted molar refractivity (Wildman–Crippen MR) is 99.1 cm³/mol. The molecule has 4 nitrogen and oxygen atoms in total. The third kappa shape index (κ3) is 4.21. The van der Waals surface area contributed by atoms with Gasteiger partial charge in [-0.25, -0.2) is 9.59 Å². The predicted octanol–water partition coefficient (Wildman–Crippen LogP) is 4.51. The van der Waals surface area contributed by atoms with E-state index < -0.39 is 24.0 Å². The van der Waals surface area contributed by atoms with E-state index in [0.717, 1.165) is 3.57 Å². The molecule has 1 N–H and O–H groups in total. The standard InChI is InChI=1S/C16H10F2I2O4/c17-16(18,15(22)23)13(9-4-2-1-3-5-9)24-14(21)11-7-6-10(19)8-12(11)20/h1-8,13H,(H,22,23). The van der Waals surface area contributed by atoms with Gasteiger partial charge in [-0.15, -0.1) is 0 Å². The van der Waals surface area contributed by atoms with Gasteiger partial charge in [-0.05, 0) is 68.9 Å². The normalized spacial score (nSPS) is 12.5. The first-order valence-corrected chi connectivity index (χ1v) is 8.71. The molecule has 0 aromatic heterocycles. The fourth-order valence-corrected chi connectivity index (χ4v) is 3.74. The summed E-state index contributed by atoms with van der Waals surface area (Å²) < 4.78 is 34.4. The molecule has 0 bridgehead atoms. The number of hydrogen-bond acceptors (Lipinski definition) is 3. The molecule has 0 aliphatic carbocycles. The Kier molecular flexibility index (Phi) is 6.12. The van der Waals surface area contributed by atoms with Gasteiger partial charge in [0.25, 0.3) is 0 Å². The number of carboxylic acids is 1. The molecule has 126 valence electrons. The van der Waals surface area contributed by atoms with Crippen molar-refractivity contribution < 1.29 is 28.2 Å². The number of esters is 1. The van der Waals surface area contributed by atoms with E-state index in [4.69, 9.17) is 9.84 Å². The molecule has 0 aliphatic heterocycles. The van der Waals surface area contributed by atoms with Crippen molar-refractivity contribution in [3.8, 4) is 0 Å². The summed E-state index contributed by atoms with van der Waals surface area (Å²) in [6.45, 7) is 0. The summed E-state index contributed by atoms with van der Waals surface area (Å²) in [7, 11) is 0. The summed E-state index contributed by atoms with van der Waals surface area (Å²) in [5.41, 5.74) is -0.00287. The van der Waals surface area contributed by atoms with Gasteiger partial charge in [-0.1, -0.05) is 30.3 Å². The number of ether oxygens (including phenoxy) is 1. The van der Waals surface area contributed by atoms with Crippen molar-refractivity contribution in [2.24, 2.45) is 0 Å². The minimum absolute atomic E-state index is 0.0955. The molecular formula is C16H10F2I2O4. The average Bonchev–Trinajstić information content (AvgIpc) is 2.52. The lowest BCUT2D eigenvalue weighted by Gasteiger charge is -2.24. The summed E-state index contributed by atoms with van der Waals surface area (Å²) in [4.78, 5) is 23.2. The van der Waals surface area contributed by atoms with E-state index in [1.54, 1.807) is 18.2 Å². The maximum atomic E-state index is 14.1. The molecule has 0 saturated heterocycles. The minimum atomic E-state index is -4.26. The van der Waals surface area contributed by atoms with Crippen molar-refractivity contribution in [1.82, 2.24) is 0 Å². The van der Waals surface area contributed by atoms with E-state index in [-0.39, 0.29) is 11.1 Å². The molecule has 0 amide bonds. The Balaban J connectivity index is 2.38. The molecule has 2 aromatic rings. The first-order chi connectivity index (χ1) is 11.2. The minimum Gasteiger partial charge on any atom is -0.477 e. The molecule has 0 radical (unpaired) electrons. The highest BCUT2D eigenvalue weighted by molar-refractivity contribution is 14.1. The summed E-state index contributed by atoms with van der Waals surface area (Å²) in [5, 5.41) is 8.80. The van der Waals surface area contributed by atoms with Gasteiger partial charge in [-0.3, -0.25) is 0 Å². The fraction of sp³-hybridized carbons (Fsp3) is 0.125. The number of carbonyl (C=O) groups is 2. The van der Waals surface area contributed by atoms with Crippen LogP contribution >= 0.6 is 45.2 Å². The lowest BCUT2D eigenvalue weighted by Crippen LogP contribution is -2.38. The van der Waals surface area contributed by atoms with Gasteiger partial charge in [0.2, 0.25) is 6.10 Å². The Morgan fingerprint density at radius 1 is 1.08 bits per heavy atom. The van der Waals surface area contributed by atoms with Crippen LogP contribution in [0.4, 0.5) is 8.78 Å². The van der Waals surface area contributed by atoms with Crippen LogP contribution in [0.5, 0.6) is 0 Å². The Labute approximate surface area is 163 Å². The largest absolute Gasteiger partial charge is 0.477 e. The van der Waals surface area contributed by atoms with E-state index in [1.807, 2.05) is 45.2 Å². The van der Waals surface area contributed by atoms with Gasteiger partial charge >= 0.3 is 17.9 Å². The molecule has 2 rings (SSSR count). The highest BCUT2D eigenvalue weighted by Gasteiger charge is 2.51.